The number of carboxylic acid groups (broad SMARTS) is 4. The van der Waals surface area contributed by atoms with E-state index in [0.29, 0.717) is 0 Å². The summed E-state index contributed by atoms with van der Waals surface area (Å²) in [6.07, 6.45) is 0. The van der Waals surface area contributed by atoms with Crippen LogP contribution in [0.2, 0.25) is 0 Å². The van der Waals surface area contributed by atoms with Gasteiger partial charge >= 0.3 is 0 Å². The van der Waals surface area contributed by atoms with E-state index in [2.05, 4.69) is 22.9 Å². The standard InChI is InChI=1S/4C2H5NO2.Cu/c4*3-1-2(4)5;/h4*1,3H2,(H,4,5);/p-4. The van der Waals surface area contributed by atoms with E-state index in [1.165, 1.54) is 0 Å². The van der Waals surface area contributed by atoms with E-state index in [0.717, 1.165) is 0 Å². The molecule has 0 aliphatic heterocycles. The van der Waals surface area contributed by atoms with Gasteiger partial charge in [0.2, 0.25) is 0 Å². The van der Waals surface area contributed by atoms with E-state index in [9.17, 15) is 0 Å². The van der Waals surface area contributed by atoms with Crippen LogP contribution in [0.5, 0.6) is 0 Å². The molecule has 0 heterocycles. The molecule has 0 spiro atoms. The molecule has 0 saturated heterocycles. The molecule has 21 heavy (non-hydrogen) atoms. The van der Waals surface area contributed by atoms with Gasteiger partial charge < -0.3 is 62.5 Å². The number of carboxylic acids is 4. The third-order valence-corrected chi connectivity index (χ3v) is 0.667. The Balaban J connectivity index is -0.0000000533. The zero-order valence-electron chi connectivity index (χ0n) is 10.7. The molecule has 0 saturated carbocycles. The molecule has 8 N–H and O–H groups in total. The number of carbonyl (C=O) groups is 4. The SMILES string of the molecule is NCC(=O)[O-].NCC(=O)[O-].NCC(=O)[O-].NCC(=O)[O-].[Cu]. The quantitative estimate of drug-likeness (QED) is 0.340. The zero-order valence-corrected chi connectivity index (χ0v) is 11.6. The van der Waals surface area contributed by atoms with Gasteiger partial charge in [-0.2, -0.15) is 0 Å². The van der Waals surface area contributed by atoms with Gasteiger partial charge in [0.15, 0.2) is 0 Å². The second-order valence-corrected chi connectivity index (χ2v) is 2.30. The second kappa shape index (κ2) is 26.7. The van der Waals surface area contributed by atoms with E-state index in [-0.39, 0.29) is 43.2 Å². The predicted molar refractivity (Wildman–Crippen MR) is 56.2 cm³/mol. The smallest absolute Gasteiger partial charge is 0.0550 e. The van der Waals surface area contributed by atoms with Crippen molar-refractivity contribution in [3.63, 3.8) is 0 Å². The Morgan fingerprint density at radius 1 is 0.524 bits per heavy atom. The first-order chi connectivity index (χ1) is 9.08. The maximum absolute atomic E-state index is 9.13. The van der Waals surface area contributed by atoms with Crippen molar-refractivity contribution in [1.29, 1.82) is 0 Å². The van der Waals surface area contributed by atoms with Crippen molar-refractivity contribution < 1.29 is 56.7 Å². The Hall–Kier alpha value is -1.76. The molecule has 0 rings (SSSR count). The van der Waals surface area contributed by atoms with Gasteiger partial charge in [0.1, 0.15) is 0 Å². The molecule has 0 aromatic rings. The van der Waals surface area contributed by atoms with Crippen LogP contribution in [0.25, 0.3) is 0 Å². The fourth-order valence-corrected chi connectivity index (χ4v) is 0. The molecule has 12 nitrogen and oxygen atoms in total. The van der Waals surface area contributed by atoms with Gasteiger partial charge in [0.05, 0.1) is 23.9 Å². The summed E-state index contributed by atoms with van der Waals surface area (Å²) < 4.78 is 0. The van der Waals surface area contributed by atoms with Crippen LogP contribution in [0.4, 0.5) is 0 Å². The van der Waals surface area contributed by atoms with Gasteiger partial charge in [-0.15, -0.1) is 0 Å². The molecule has 131 valence electrons. The van der Waals surface area contributed by atoms with E-state index in [1.54, 1.807) is 0 Å². The fraction of sp³-hybridized carbons (Fsp3) is 0.500. The average molecular weight is 360 g/mol. The molecule has 0 aliphatic carbocycles. The van der Waals surface area contributed by atoms with Crippen molar-refractivity contribution in [2.75, 3.05) is 26.2 Å². The van der Waals surface area contributed by atoms with Crippen LogP contribution in [0.3, 0.4) is 0 Å². The van der Waals surface area contributed by atoms with Gasteiger partial charge in [-0.05, 0) is 0 Å². The van der Waals surface area contributed by atoms with Crippen LogP contribution in [0.15, 0.2) is 0 Å². The Morgan fingerprint density at radius 2 is 0.571 bits per heavy atom. The number of rotatable bonds is 4. The van der Waals surface area contributed by atoms with Crippen LogP contribution < -0.4 is 43.4 Å². The van der Waals surface area contributed by atoms with Gasteiger partial charge in [-0.1, -0.05) is 0 Å². The molecular formula is C8H16CuN4O8-4. The monoisotopic (exact) mass is 359 g/mol. The third kappa shape index (κ3) is 124. The van der Waals surface area contributed by atoms with E-state index in [4.69, 9.17) is 39.6 Å². The number of aliphatic carboxylic acids is 4. The van der Waals surface area contributed by atoms with Crippen molar-refractivity contribution in [2.24, 2.45) is 22.9 Å². The number of hydrogen-bond acceptors (Lipinski definition) is 12. The first-order valence-corrected chi connectivity index (χ1v) is 4.68. The molecule has 0 fully saturated rings. The Kier molecular flexibility index (Phi) is 40.2. The summed E-state index contributed by atoms with van der Waals surface area (Å²) in [7, 11) is 0. The van der Waals surface area contributed by atoms with E-state index < -0.39 is 23.9 Å². The number of hydrogen-bond donors (Lipinski definition) is 4. The summed E-state index contributed by atoms with van der Waals surface area (Å²) in [5.74, 6) is -4.87. The molecular weight excluding hydrogens is 344 g/mol. The van der Waals surface area contributed by atoms with Crippen LogP contribution >= 0.6 is 0 Å². The van der Waals surface area contributed by atoms with Crippen LogP contribution in [0.1, 0.15) is 0 Å². The van der Waals surface area contributed by atoms with E-state index >= 15 is 0 Å². The number of carbonyl (C=O) groups excluding carboxylic acids is 4. The van der Waals surface area contributed by atoms with Crippen molar-refractivity contribution in [2.45, 2.75) is 0 Å². The minimum atomic E-state index is -1.22. The van der Waals surface area contributed by atoms with Gasteiger partial charge in [0, 0.05) is 43.2 Å². The summed E-state index contributed by atoms with van der Waals surface area (Å²) in [4.78, 5) is 36.5. The Labute approximate surface area is 130 Å². The maximum atomic E-state index is 9.13. The van der Waals surface area contributed by atoms with E-state index in [1.807, 2.05) is 0 Å². The Morgan fingerprint density at radius 3 is 0.571 bits per heavy atom. The van der Waals surface area contributed by atoms with Crippen LogP contribution in [0, 0.1) is 0 Å². The molecule has 0 aromatic carbocycles. The molecule has 13 heteroatoms. The molecule has 0 atom stereocenters. The molecule has 0 amide bonds. The summed E-state index contributed by atoms with van der Waals surface area (Å²) in [5, 5.41) is 36.5. The van der Waals surface area contributed by atoms with Crippen molar-refractivity contribution in [3.8, 4) is 0 Å². The van der Waals surface area contributed by atoms with Gasteiger partial charge in [-0.25, -0.2) is 0 Å². The summed E-state index contributed by atoms with van der Waals surface area (Å²) in [6.45, 7) is -1.56. The molecule has 0 unspecified atom stereocenters. The summed E-state index contributed by atoms with van der Waals surface area (Å²) in [6, 6.07) is 0. The van der Waals surface area contributed by atoms with Gasteiger partial charge in [0.25, 0.3) is 0 Å². The van der Waals surface area contributed by atoms with Crippen molar-refractivity contribution >= 4 is 23.9 Å². The maximum Gasteiger partial charge on any atom is 0.0550 e. The minimum Gasteiger partial charge on any atom is -0.549 e. The fourth-order valence-electron chi connectivity index (χ4n) is 0. The third-order valence-electron chi connectivity index (χ3n) is 0.667. The van der Waals surface area contributed by atoms with Crippen molar-refractivity contribution in [1.82, 2.24) is 0 Å². The molecule has 1 radical (unpaired) electrons. The first-order valence-electron chi connectivity index (χ1n) is 4.68. The zero-order chi connectivity index (χ0) is 17.1. The minimum absolute atomic E-state index is 0. The van der Waals surface area contributed by atoms with Gasteiger partial charge in [-0.3, -0.25) is 0 Å². The normalized spacial score (nSPS) is 7.05. The predicted octanol–water partition coefficient (Wildman–Crippen LogP) is -9.22. The summed E-state index contributed by atoms with van der Waals surface area (Å²) in [5.41, 5.74) is 18.0. The topological polar surface area (TPSA) is 265 Å². The largest absolute Gasteiger partial charge is 0.549 e. The molecule has 0 aliphatic rings. The summed E-state index contributed by atoms with van der Waals surface area (Å²) >= 11 is 0. The van der Waals surface area contributed by atoms with Crippen molar-refractivity contribution in [3.05, 3.63) is 0 Å². The second-order valence-electron chi connectivity index (χ2n) is 2.30. The van der Waals surface area contributed by atoms with Crippen LogP contribution in [-0.2, 0) is 36.2 Å². The molecule has 0 bridgehead atoms. The average Bonchev–Trinajstić information content (AvgIpc) is 2.40. The van der Waals surface area contributed by atoms with Crippen LogP contribution in [-0.4, -0.2) is 50.1 Å². The number of nitrogens with two attached hydrogens (primary N) is 4. The molecule has 0 aromatic heterocycles. The first kappa shape index (κ1) is 31.6. The Bertz CT molecular complexity index is 233.